The van der Waals surface area contributed by atoms with Crippen LogP contribution in [-0.2, 0) is 14.6 Å². The van der Waals surface area contributed by atoms with Gasteiger partial charge in [0, 0.05) is 14.8 Å². The van der Waals surface area contributed by atoms with Crippen LogP contribution in [0.3, 0.4) is 0 Å². The average molecular weight is 424 g/mol. The molecule has 3 aromatic carbocycles. The number of fused-ring (bicyclic) bond motifs is 2. The minimum Gasteiger partial charge on any atom is -0.462 e. The first-order valence-electron chi connectivity index (χ1n) is 8.91. The topological polar surface area (TPSA) is 77.5 Å². The van der Waals surface area contributed by atoms with E-state index in [0.29, 0.717) is 10.1 Å². The van der Waals surface area contributed by atoms with Crippen LogP contribution in [-0.4, -0.2) is 21.0 Å². The van der Waals surface area contributed by atoms with E-state index in [1.807, 2.05) is 12.1 Å². The lowest BCUT2D eigenvalue weighted by Crippen LogP contribution is -2.16. The zero-order valence-electron chi connectivity index (χ0n) is 15.4. The van der Waals surface area contributed by atoms with E-state index in [2.05, 4.69) is 0 Å². The van der Waals surface area contributed by atoms with Gasteiger partial charge in [0.15, 0.2) is 5.43 Å². The lowest BCUT2D eigenvalue weighted by molar-refractivity contribution is 0.0524. The van der Waals surface area contributed by atoms with Crippen molar-refractivity contribution in [1.82, 2.24) is 0 Å². The Morgan fingerprint density at radius 3 is 2.34 bits per heavy atom. The Balaban J connectivity index is 2.15. The van der Waals surface area contributed by atoms with Crippen molar-refractivity contribution in [2.24, 2.45) is 0 Å². The smallest absolute Gasteiger partial charge is 0.340 e. The van der Waals surface area contributed by atoms with Gasteiger partial charge in [-0.25, -0.2) is 13.2 Å². The van der Waals surface area contributed by atoms with Crippen LogP contribution < -0.4 is 5.43 Å². The lowest BCUT2D eigenvalue weighted by Gasteiger charge is -2.13. The monoisotopic (exact) mass is 424 g/mol. The molecule has 4 aromatic rings. The summed E-state index contributed by atoms with van der Waals surface area (Å²) in [5.74, 6) is -0.827. The number of hydrogen-bond acceptors (Lipinski definition) is 6. The molecule has 5 nitrogen and oxygen atoms in total. The van der Waals surface area contributed by atoms with Gasteiger partial charge in [-0.1, -0.05) is 30.3 Å². The predicted octanol–water partition coefficient (Wildman–Crippen LogP) is 4.42. The van der Waals surface area contributed by atoms with E-state index < -0.39 is 15.8 Å². The van der Waals surface area contributed by atoms with E-state index in [1.54, 1.807) is 43.3 Å². The highest BCUT2D eigenvalue weighted by molar-refractivity contribution is 7.91. The molecule has 1 heterocycles. The highest BCUT2D eigenvalue weighted by Gasteiger charge is 2.29. The molecular formula is C22H16O5S2. The first-order valence-corrected chi connectivity index (χ1v) is 11.2. The number of benzene rings is 3. The molecule has 0 aliphatic carbocycles. The van der Waals surface area contributed by atoms with Crippen LogP contribution in [0.1, 0.15) is 17.3 Å². The number of rotatable bonds is 4. The molecule has 0 unspecified atom stereocenters. The van der Waals surface area contributed by atoms with Crippen molar-refractivity contribution in [2.45, 2.75) is 16.7 Å². The fourth-order valence-corrected chi connectivity index (χ4v) is 5.79. The van der Waals surface area contributed by atoms with Crippen molar-refractivity contribution < 1.29 is 17.9 Å². The van der Waals surface area contributed by atoms with E-state index >= 15 is 0 Å². The number of carbonyl (C=O) groups excluding carboxylic acids is 1. The first-order chi connectivity index (χ1) is 13.9. The number of ether oxygens (including phenoxy) is 1. The molecule has 1 aromatic heterocycles. The summed E-state index contributed by atoms with van der Waals surface area (Å²) < 4.78 is 33.0. The summed E-state index contributed by atoms with van der Waals surface area (Å²) in [6, 6.07) is 17.8. The Kier molecular flexibility index (Phi) is 4.94. The van der Waals surface area contributed by atoms with Gasteiger partial charge in [0.05, 0.1) is 27.3 Å². The first kappa shape index (κ1) is 19.3. The maximum Gasteiger partial charge on any atom is 0.340 e. The number of hydrogen-bond donors (Lipinski definition) is 0. The summed E-state index contributed by atoms with van der Waals surface area (Å²) in [5.41, 5.74) is -0.595. The Bertz CT molecular complexity index is 1400. The maximum atomic E-state index is 13.3. The van der Waals surface area contributed by atoms with E-state index in [1.165, 1.54) is 29.5 Å². The zero-order chi connectivity index (χ0) is 20.6. The normalized spacial score (nSPS) is 11.6. The van der Waals surface area contributed by atoms with Crippen molar-refractivity contribution in [3.8, 4) is 0 Å². The van der Waals surface area contributed by atoms with E-state index in [-0.39, 0.29) is 32.8 Å². The van der Waals surface area contributed by atoms with Crippen molar-refractivity contribution >= 4 is 47.3 Å². The summed E-state index contributed by atoms with van der Waals surface area (Å²) in [7, 11) is -4.03. The van der Waals surface area contributed by atoms with Crippen LogP contribution in [0.25, 0.3) is 20.2 Å². The summed E-state index contributed by atoms with van der Waals surface area (Å²) in [6.45, 7) is 1.69. The summed E-state index contributed by atoms with van der Waals surface area (Å²) in [5, 5.41) is 0.508. The third-order valence-electron chi connectivity index (χ3n) is 4.53. The van der Waals surface area contributed by atoms with Crippen LogP contribution in [0.4, 0.5) is 0 Å². The molecule has 0 radical (unpaired) electrons. The van der Waals surface area contributed by atoms with Crippen LogP contribution in [0.2, 0.25) is 0 Å². The fourth-order valence-electron chi connectivity index (χ4n) is 3.23. The molecule has 0 spiro atoms. The number of esters is 1. The highest BCUT2D eigenvalue weighted by Crippen LogP contribution is 2.33. The predicted molar refractivity (Wildman–Crippen MR) is 113 cm³/mol. The van der Waals surface area contributed by atoms with Gasteiger partial charge < -0.3 is 4.74 Å². The summed E-state index contributed by atoms with van der Waals surface area (Å²) in [4.78, 5) is 25.9. The molecule has 0 bridgehead atoms. The highest BCUT2D eigenvalue weighted by atomic mass is 32.2. The van der Waals surface area contributed by atoms with Crippen LogP contribution in [0, 0.1) is 0 Å². The minimum absolute atomic E-state index is 0.0433. The van der Waals surface area contributed by atoms with Crippen LogP contribution in [0.5, 0.6) is 0 Å². The van der Waals surface area contributed by atoms with Gasteiger partial charge in [-0.15, -0.1) is 11.3 Å². The molecule has 0 atom stereocenters. The SMILES string of the molecule is CCOC(=O)c1c(S(=O)(=O)c2ccccc2)ccc2sc3ccccc3c(=O)c12. The second kappa shape index (κ2) is 7.42. The average Bonchev–Trinajstić information content (AvgIpc) is 2.74. The van der Waals surface area contributed by atoms with Gasteiger partial charge in [0.1, 0.15) is 0 Å². The van der Waals surface area contributed by atoms with Crippen molar-refractivity contribution in [3.05, 3.63) is 82.5 Å². The molecular weight excluding hydrogens is 408 g/mol. The van der Waals surface area contributed by atoms with Gasteiger partial charge in [-0.05, 0) is 43.3 Å². The van der Waals surface area contributed by atoms with Crippen molar-refractivity contribution in [3.63, 3.8) is 0 Å². The third kappa shape index (κ3) is 3.22. The minimum atomic E-state index is -4.03. The Morgan fingerprint density at radius 1 is 0.931 bits per heavy atom. The van der Waals surface area contributed by atoms with Crippen molar-refractivity contribution in [2.75, 3.05) is 6.61 Å². The van der Waals surface area contributed by atoms with Crippen LogP contribution >= 0.6 is 11.3 Å². The van der Waals surface area contributed by atoms with Gasteiger partial charge in [-0.3, -0.25) is 4.79 Å². The van der Waals surface area contributed by atoms with Gasteiger partial charge >= 0.3 is 5.97 Å². The molecule has 4 rings (SSSR count). The number of carbonyl (C=O) groups is 1. The molecule has 0 saturated heterocycles. The van der Waals surface area contributed by atoms with E-state index in [4.69, 9.17) is 4.74 Å². The molecule has 0 fully saturated rings. The Labute approximate surface area is 171 Å². The van der Waals surface area contributed by atoms with Gasteiger partial charge in [-0.2, -0.15) is 0 Å². The molecule has 0 amide bonds. The largest absolute Gasteiger partial charge is 0.462 e. The van der Waals surface area contributed by atoms with Gasteiger partial charge in [0.25, 0.3) is 0 Å². The standard InChI is InChI=1S/C22H16O5S2/c1-2-27-22(24)20-18(29(25,26)14-8-4-3-5-9-14)13-12-17-19(20)21(23)15-10-6-7-11-16(15)28-17/h3-13H,2H2,1H3. The molecule has 0 N–H and O–H groups in total. The molecule has 146 valence electrons. The molecule has 0 saturated carbocycles. The molecule has 7 heteroatoms. The van der Waals surface area contributed by atoms with E-state index in [9.17, 15) is 18.0 Å². The Morgan fingerprint density at radius 2 is 1.62 bits per heavy atom. The molecule has 29 heavy (non-hydrogen) atoms. The lowest BCUT2D eigenvalue weighted by atomic mass is 10.1. The number of sulfone groups is 1. The van der Waals surface area contributed by atoms with Crippen molar-refractivity contribution in [1.29, 1.82) is 0 Å². The maximum absolute atomic E-state index is 13.3. The zero-order valence-corrected chi connectivity index (χ0v) is 17.0. The Hall–Kier alpha value is -3.03. The molecule has 0 aliphatic heterocycles. The quantitative estimate of drug-likeness (QED) is 0.358. The summed E-state index contributed by atoms with van der Waals surface area (Å²) in [6.07, 6.45) is 0. The second-order valence-electron chi connectivity index (χ2n) is 6.28. The second-order valence-corrected chi connectivity index (χ2v) is 9.28. The molecule has 0 aliphatic rings. The van der Waals surface area contributed by atoms with Gasteiger partial charge in [0.2, 0.25) is 9.84 Å². The third-order valence-corrected chi connectivity index (χ3v) is 7.48. The summed E-state index contributed by atoms with van der Waals surface area (Å²) >= 11 is 1.33. The van der Waals surface area contributed by atoms with Crippen LogP contribution in [0.15, 0.2) is 81.3 Å². The fraction of sp³-hybridized carbons (Fsp3) is 0.0909. The van der Waals surface area contributed by atoms with E-state index in [0.717, 1.165) is 4.70 Å².